The van der Waals surface area contributed by atoms with E-state index in [2.05, 4.69) is 9.97 Å². The summed E-state index contributed by atoms with van der Waals surface area (Å²) in [6.07, 6.45) is 2.00. The number of rotatable bonds is 5. The molecule has 1 aliphatic rings. The van der Waals surface area contributed by atoms with Crippen LogP contribution in [0.5, 0.6) is 5.75 Å². The monoisotopic (exact) mass is 432 g/mol. The molecule has 5 rings (SSSR count). The number of aromatic amines is 1. The van der Waals surface area contributed by atoms with Crippen molar-refractivity contribution < 1.29 is 9.53 Å². The number of carbonyl (C=O) groups is 1. The molecule has 2 aromatic heterocycles. The summed E-state index contributed by atoms with van der Waals surface area (Å²) in [5.41, 5.74) is 3.40. The highest BCUT2D eigenvalue weighted by atomic mass is 32.1. The van der Waals surface area contributed by atoms with Gasteiger partial charge in [0.15, 0.2) is 0 Å². The lowest BCUT2D eigenvalue weighted by Gasteiger charge is -2.22. The van der Waals surface area contributed by atoms with Gasteiger partial charge < -0.3 is 14.6 Å². The van der Waals surface area contributed by atoms with Crippen LogP contribution in [0, 0.1) is 0 Å². The van der Waals surface area contributed by atoms with Gasteiger partial charge >= 0.3 is 0 Å². The molecule has 0 bridgehead atoms. The molecule has 1 amide bonds. The minimum Gasteiger partial charge on any atom is -0.491 e. The van der Waals surface area contributed by atoms with Crippen LogP contribution in [0.2, 0.25) is 0 Å². The summed E-state index contributed by atoms with van der Waals surface area (Å²) in [6, 6.07) is 15.8. The fourth-order valence-corrected chi connectivity index (χ4v) is 4.82. The molecule has 1 fully saturated rings. The average molecular weight is 433 g/mol. The molecule has 6 nitrogen and oxygen atoms in total. The quantitative estimate of drug-likeness (QED) is 0.455. The van der Waals surface area contributed by atoms with Crippen molar-refractivity contribution in [2.45, 2.75) is 38.8 Å². The first-order chi connectivity index (χ1) is 15.1. The van der Waals surface area contributed by atoms with Crippen LogP contribution < -0.4 is 4.74 Å². The van der Waals surface area contributed by atoms with Crippen molar-refractivity contribution in [1.82, 2.24) is 19.9 Å². The maximum atomic E-state index is 13.3. The first kappa shape index (κ1) is 19.8. The lowest BCUT2D eigenvalue weighted by Crippen LogP contribution is -2.31. The molecule has 4 aromatic rings. The van der Waals surface area contributed by atoms with Gasteiger partial charge in [0.1, 0.15) is 22.3 Å². The number of nitrogens with zero attached hydrogens (tertiary/aromatic N) is 3. The molecule has 1 N–H and O–H groups in total. The summed E-state index contributed by atoms with van der Waals surface area (Å²) in [7, 11) is 0. The molecule has 0 radical (unpaired) electrons. The summed E-state index contributed by atoms with van der Waals surface area (Å²) in [5, 5.41) is 2.68. The Bertz CT molecular complexity index is 1180. The molecule has 0 spiro atoms. The van der Waals surface area contributed by atoms with E-state index in [0.29, 0.717) is 12.2 Å². The Morgan fingerprint density at radius 1 is 1.16 bits per heavy atom. The Kier molecular flexibility index (Phi) is 5.19. The number of likely N-dealkylation sites (tertiary alicyclic amines) is 1. The number of hydrogen-bond acceptors (Lipinski definition) is 5. The lowest BCUT2D eigenvalue weighted by molar-refractivity contribution is 0.0725. The molecule has 0 saturated carbocycles. The van der Waals surface area contributed by atoms with E-state index >= 15 is 0 Å². The Hall–Kier alpha value is -3.19. The number of ether oxygens (including phenoxy) is 1. The maximum absolute atomic E-state index is 13.3. The Morgan fingerprint density at radius 3 is 2.74 bits per heavy atom. The number of benzene rings is 2. The van der Waals surface area contributed by atoms with Crippen LogP contribution >= 0.6 is 11.3 Å². The number of H-pyrrole nitrogens is 1. The number of nitrogens with one attached hydrogen (secondary N) is 1. The number of thiazole rings is 1. The van der Waals surface area contributed by atoms with Crippen LogP contribution in [0.3, 0.4) is 0 Å². The second-order valence-corrected chi connectivity index (χ2v) is 8.88. The van der Waals surface area contributed by atoms with E-state index < -0.39 is 0 Å². The van der Waals surface area contributed by atoms with Crippen LogP contribution in [-0.4, -0.2) is 38.4 Å². The number of fused-ring (bicyclic) bond motifs is 1. The minimum atomic E-state index is -0.0440. The molecule has 1 aliphatic heterocycles. The van der Waals surface area contributed by atoms with Crippen molar-refractivity contribution in [3.8, 4) is 16.3 Å². The highest BCUT2D eigenvalue weighted by Crippen LogP contribution is 2.34. The van der Waals surface area contributed by atoms with E-state index in [1.54, 1.807) is 0 Å². The Balaban J connectivity index is 1.36. The number of hydrogen-bond donors (Lipinski definition) is 1. The largest absolute Gasteiger partial charge is 0.491 e. The van der Waals surface area contributed by atoms with Crippen LogP contribution in [0.4, 0.5) is 0 Å². The first-order valence-electron chi connectivity index (χ1n) is 10.6. The molecule has 158 valence electrons. The van der Waals surface area contributed by atoms with Crippen molar-refractivity contribution in [3.63, 3.8) is 0 Å². The second-order valence-electron chi connectivity index (χ2n) is 8.02. The highest BCUT2D eigenvalue weighted by molar-refractivity contribution is 7.13. The van der Waals surface area contributed by atoms with Gasteiger partial charge in [-0.3, -0.25) is 4.79 Å². The molecule has 3 heterocycles. The van der Waals surface area contributed by atoms with Gasteiger partial charge in [0.25, 0.3) is 5.91 Å². The Morgan fingerprint density at radius 2 is 1.97 bits per heavy atom. The topological polar surface area (TPSA) is 71.1 Å². The smallest absolute Gasteiger partial charge is 0.273 e. The van der Waals surface area contributed by atoms with Crippen molar-refractivity contribution in [3.05, 3.63) is 65.4 Å². The predicted molar refractivity (Wildman–Crippen MR) is 122 cm³/mol. The number of amides is 1. The van der Waals surface area contributed by atoms with Crippen LogP contribution in [-0.2, 0) is 0 Å². The molecular weight excluding hydrogens is 408 g/mol. The molecule has 2 aromatic carbocycles. The molecule has 1 atom stereocenters. The summed E-state index contributed by atoms with van der Waals surface area (Å²) < 4.78 is 5.70. The fraction of sp³-hybridized carbons (Fsp3) is 0.292. The van der Waals surface area contributed by atoms with E-state index in [4.69, 9.17) is 9.72 Å². The standard InChI is InChI=1S/C24H24N4O2S/c1-15(2)30-17-11-9-16(10-12-17)23-27-20(14-31-23)24(29)28-13-5-8-21(28)22-25-18-6-3-4-7-19(18)26-22/h3-4,6-7,9-12,14-15,21H,5,8,13H2,1-2H3,(H,25,26). The lowest BCUT2D eigenvalue weighted by atomic mass is 10.2. The van der Waals surface area contributed by atoms with E-state index in [1.165, 1.54) is 11.3 Å². The fourth-order valence-electron chi connectivity index (χ4n) is 4.02. The summed E-state index contributed by atoms with van der Waals surface area (Å²) in [5.74, 6) is 1.64. The molecule has 1 unspecified atom stereocenters. The summed E-state index contributed by atoms with van der Waals surface area (Å²) in [4.78, 5) is 27.9. The predicted octanol–water partition coefficient (Wildman–Crippen LogP) is 5.45. The molecule has 7 heteroatoms. The van der Waals surface area contributed by atoms with Gasteiger partial charge in [-0.25, -0.2) is 9.97 Å². The normalized spacial score (nSPS) is 16.4. The second kappa shape index (κ2) is 8.15. The number of aromatic nitrogens is 3. The third-order valence-corrected chi connectivity index (χ3v) is 6.32. The third kappa shape index (κ3) is 3.93. The van der Waals surface area contributed by atoms with Crippen LogP contribution in [0.25, 0.3) is 21.6 Å². The zero-order valence-corrected chi connectivity index (χ0v) is 18.4. The van der Waals surface area contributed by atoms with Crippen molar-refractivity contribution in [1.29, 1.82) is 0 Å². The zero-order chi connectivity index (χ0) is 21.4. The van der Waals surface area contributed by atoms with E-state index in [1.807, 2.05) is 72.7 Å². The molecule has 1 saturated heterocycles. The van der Waals surface area contributed by atoms with Crippen molar-refractivity contribution in [2.24, 2.45) is 0 Å². The van der Waals surface area contributed by atoms with Gasteiger partial charge in [-0.05, 0) is 63.1 Å². The van der Waals surface area contributed by atoms with Gasteiger partial charge in [-0.1, -0.05) is 12.1 Å². The third-order valence-electron chi connectivity index (χ3n) is 5.43. The average Bonchev–Trinajstić information content (AvgIpc) is 3.52. The highest BCUT2D eigenvalue weighted by Gasteiger charge is 2.33. The van der Waals surface area contributed by atoms with Crippen LogP contribution in [0.15, 0.2) is 53.9 Å². The molecule has 31 heavy (non-hydrogen) atoms. The van der Waals surface area contributed by atoms with E-state index in [0.717, 1.165) is 46.0 Å². The zero-order valence-electron chi connectivity index (χ0n) is 17.5. The number of carbonyl (C=O) groups excluding carboxylic acids is 1. The van der Waals surface area contributed by atoms with Gasteiger partial charge in [0.05, 0.1) is 23.2 Å². The Labute approximate surface area is 184 Å². The van der Waals surface area contributed by atoms with Gasteiger partial charge in [-0.15, -0.1) is 11.3 Å². The number of para-hydroxylation sites is 2. The minimum absolute atomic E-state index is 0.0368. The van der Waals surface area contributed by atoms with Gasteiger partial charge in [-0.2, -0.15) is 0 Å². The van der Waals surface area contributed by atoms with Crippen LogP contribution in [0.1, 0.15) is 49.0 Å². The summed E-state index contributed by atoms with van der Waals surface area (Å²) in [6.45, 7) is 4.72. The van der Waals surface area contributed by atoms with Gasteiger partial charge in [0, 0.05) is 17.5 Å². The van der Waals surface area contributed by atoms with Crippen molar-refractivity contribution in [2.75, 3.05) is 6.54 Å². The first-order valence-corrected chi connectivity index (χ1v) is 11.4. The number of imidazole rings is 1. The maximum Gasteiger partial charge on any atom is 0.273 e. The molecule has 0 aliphatic carbocycles. The molecular formula is C24H24N4O2S. The summed E-state index contributed by atoms with van der Waals surface area (Å²) >= 11 is 1.49. The van der Waals surface area contributed by atoms with E-state index in [-0.39, 0.29) is 18.1 Å². The van der Waals surface area contributed by atoms with Crippen molar-refractivity contribution >= 4 is 28.3 Å². The van der Waals surface area contributed by atoms with Gasteiger partial charge in [0.2, 0.25) is 0 Å². The SMILES string of the molecule is CC(C)Oc1ccc(-c2nc(C(=O)N3CCCC3c3nc4ccccc4[nH]3)cs2)cc1. The van der Waals surface area contributed by atoms with E-state index in [9.17, 15) is 4.79 Å².